The predicted molar refractivity (Wildman–Crippen MR) is 89.4 cm³/mol. The number of amides is 1. The molecule has 1 amide bonds. The summed E-state index contributed by atoms with van der Waals surface area (Å²) in [5.41, 5.74) is -2.00. The number of likely N-dealkylation sites (tertiary alicyclic amines) is 1. The summed E-state index contributed by atoms with van der Waals surface area (Å²) in [7, 11) is 0. The van der Waals surface area contributed by atoms with Crippen molar-refractivity contribution >= 4 is 34.9 Å². The number of carbonyl (C=O) groups excluding carboxylic acids is 3. The van der Waals surface area contributed by atoms with E-state index < -0.39 is 35.4 Å². The van der Waals surface area contributed by atoms with Crippen molar-refractivity contribution in [1.82, 2.24) is 4.90 Å². The fourth-order valence-electron chi connectivity index (χ4n) is 2.43. The second kappa shape index (κ2) is 7.38. The van der Waals surface area contributed by atoms with E-state index in [0.717, 1.165) is 0 Å². The molecule has 0 aromatic carbocycles. The lowest BCUT2D eigenvalue weighted by Crippen LogP contribution is -2.63. The largest absolute Gasteiger partial charge is 0.466 e. The van der Waals surface area contributed by atoms with Gasteiger partial charge >= 0.3 is 12.1 Å². The highest BCUT2D eigenvalue weighted by Gasteiger charge is 2.49. The van der Waals surface area contributed by atoms with Gasteiger partial charge in [0.25, 0.3) is 0 Å². The first-order valence-corrected chi connectivity index (χ1v) is 8.16. The van der Waals surface area contributed by atoms with Crippen LogP contribution in [0.3, 0.4) is 0 Å². The number of esters is 1. The molecule has 1 aliphatic heterocycles. The van der Waals surface area contributed by atoms with Crippen LogP contribution in [0.1, 0.15) is 53.9 Å². The molecule has 0 radical (unpaired) electrons. The van der Waals surface area contributed by atoms with Gasteiger partial charge in [-0.3, -0.25) is 14.5 Å². The first kappa shape index (κ1) is 19.5. The van der Waals surface area contributed by atoms with Crippen molar-refractivity contribution in [3.8, 4) is 0 Å². The van der Waals surface area contributed by atoms with Crippen LogP contribution in [0.5, 0.6) is 0 Å². The Kier molecular flexibility index (Phi) is 6.27. The number of nitrogens with zero attached hydrogens (tertiary/aromatic N) is 1. The number of rotatable bonds is 4. The summed E-state index contributed by atoms with van der Waals surface area (Å²) in [6.45, 7) is 9.08. The Bertz CT molecular complexity index is 511. The van der Waals surface area contributed by atoms with E-state index in [9.17, 15) is 14.4 Å². The summed E-state index contributed by atoms with van der Waals surface area (Å²) >= 11 is 5.35. The van der Waals surface area contributed by atoms with Crippen molar-refractivity contribution in [3.63, 3.8) is 0 Å². The monoisotopic (exact) mass is 343 g/mol. The SMILES string of the molecule is CCOC(=O)CC(=O)[C@]1(C)C(=S)CCCN1C(=O)OC(C)(C)C. The van der Waals surface area contributed by atoms with E-state index in [-0.39, 0.29) is 6.61 Å². The van der Waals surface area contributed by atoms with Crippen LogP contribution in [0, 0.1) is 0 Å². The number of ether oxygens (including phenoxy) is 2. The van der Waals surface area contributed by atoms with E-state index in [2.05, 4.69) is 0 Å². The third-order valence-electron chi connectivity index (χ3n) is 3.64. The van der Waals surface area contributed by atoms with Crippen LogP contribution >= 0.6 is 12.2 Å². The van der Waals surface area contributed by atoms with Gasteiger partial charge in [0, 0.05) is 11.4 Å². The Morgan fingerprint density at radius 2 is 1.91 bits per heavy atom. The second-order valence-electron chi connectivity index (χ2n) is 6.64. The average molecular weight is 343 g/mol. The number of carbonyl (C=O) groups is 3. The highest BCUT2D eigenvalue weighted by molar-refractivity contribution is 7.80. The molecule has 1 rings (SSSR count). The molecule has 7 heteroatoms. The van der Waals surface area contributed by atoms with Crippen molar-refractivity contribution in [2.75, 3.05) is 13.2 Å². The van der Waals surface area contributed by atoms with Crippen LogP contribution in [0.25, 0.3) is 0 Å². The van der Waals surface area contributed by atoms with Crippen molar-refractivity contribution < 1.29 is 23.9 Å². The van der Waals surface area contributed by atoms with E-state index in [1.807, 2.05) is 0 Å². The van der Waals surface area contributed by atoms with Crippen molar-refractivity contribution in [2.45, 2.75) is 65.0 Å². The number of ketones is 1. The van der Waals surface area contributed by atoms with Crippen LogP contribution < -0.4 is 0 Å². The Hall–Kier alpha value is -1.50. The third kappa shape index (κ3) is 4.73. The van der Waals surface area contributed by atoms with Crippen molar-refractivity contribution in [1.29, 1.82) is 0 Å². The smallest absolute Gasteiger partial charge is 0.411 e. The zero-order valence-corrected chi connectivity index (χ0v) is 15.2. The molecule has 0 unspecified atom stereocenters. The first-order chi connectivity index (χ1) is 10.5. The lowest BCUT2D eigenvalue weighted by Gasteiger charge is -2.44. The molecule has 6 nitrogen and oxygen atoms in total. The minimum Gasteiger partial charge on any atom is -0.466 e. The molecule has 1 saturated heterocycles. The maximum atomic E-state index is 12.7. The summed E-state index contributed by atoms with van der Waals surface area (Å²) in [5, 5.41) is 0. The zero-order chi connectivity index (χ0) is 17.8. The summed E-state index contributed by atoms with van der Waals surface area (Å²) < 4.78 is 10.2. The standard InChI is InChI=1S/C16H25NO5S/c1-6-21-13(19)10-11(18)16(5)12(23)8-7-9-17(16)14(20)22-15(2,3)4/h6-10H2,1-5H3/t16-/m1/s1. The lowest BCUT2D eigenvalue weighted by atomic mass is 9.83. The van der Waals surface area contributed by atoms with E-state index in [1.165, 1.54) is 4.90 Å². The molecular weight excluding hydrogens is 318 g/mol. The molecule has 0 spiro atoms. The Balaban J connectivity index is 3.03. The Labute approximate surface area is 142 Å². The van der Waals surface area contributed by atoms with Crippen molar-refractivity contribution in [3.05, 3.63) is 0 Å². The van der Waals surface area contributed by atoms with Crippen molar-refractivity contribution in [2.24, 2.45) is 0 Å². The maximum absolute atomic E-state index is 12.7. The third-order valence-corrected chi connectivity index (χ3v) is 4.24. The molecule has 0 saturated carbocycles. The highest BCUT2D eigenvalue weighted by Crippen LogP contribution is 2.30. The molecule has 23 heavy (non-hydrogen) atoms. The topological polar surface area (TPSA) is 72.9 Å². The molecule has 0 bridgehead atoms. The molecule has 0 aromatic rings. The molecule has 0 aliphatic carbocycles. The number of piperidine rings is 1. The van der Waals surface area contributed by atoms with Gasteiger partial charge in [-0.2, -0.15) is 0 Å². The average Bonchev–Trinajstić information content (AvgIpc) is 2.39. The zero-order valence-electron chi connectivity index (χ0n) is 14.4. The van der Waals surface area contributed by atoms with E-state index in [4.69, 9.17) is 21.7 Å². The summed E-state index contributed by atoms with van der Waals surface area (Å²) in [6.07, 6.45) is 0.211. The predicted octanol–water partition coefficient (Wildman–Crippen LogP) is 2.67. The van der Waals surface area contributed by atoms with Gasteiger partial charge in [0.05, 0.1) is 6.61 Å². The molecule has 1 atom stereocenters. The minimum absolute atomic E-state index is 0.197. The number of hydrogen-bond acceptors (Lipinski definition) is 6. The van der Waals surface area contributed by atoms with Gasteiger partial charge in [-0.05, 0) is 47.5 Å². The quantitative estimate of drug-likeness (QED) is 0.444. The van der Waals surface area contributed by atoms with Crippen LogP contribution in [0.15, 0.2) is 0 Å². The van der Waals surface area contributed by atoms with Crippen LogP contribution in [0.4, 0.5) is 4.79 Å². The van der Waals surface area contributed by atoms with Crippen LogP contribution in [0.2, 0.25) is 0 Å². The second-order valence-corrected chi connectivity index (χ2v) is 7.13. The Morgan fingerprint density at radius 1 is 1.30 bits per heavy atom. The number of hydrogen-bond donors (Lipinski definition) is 0. The minimum atomic E-state index is -1.32. The molecular formula is C16H25NO5S. The van der Waals surface area contributed by atoms with Gasteiger partial charge in [0.2, 0.25) is 0 Å². The summed E-state index contributed by atoms with van der Waals surface area (Å²) in [4.78, 5) is 38.5. The summed E-state index contributed by atoms with van der Waals surface area (Å²) in [5.74, 6) is -1.05. The van der Waals surface area contributed by atoms with Gasteiger partial charge in [0.15, 0.2) is 5.78 Å². The molecule has 130 valence electrons. The van der Waals surface area contributed by atoms with Crippen LogP contribution in [-0.4, -0.2) is 51.9 Å². The van der Waals surface area contributed by atoms with Crippen LogP contribution in [-0.2, 0) is 19.1 Å². The van der Waals surface area contributed by atoms with E-state index >= 15 is 0 Å². The summed E-state index contributed by atoms with van der Waals surface area (Å²) in [6, 6.07) is 0. The van der Waals surface area contributed by atoms with E-state index in [1.54, 1.807) is 34.6 Å². The normalized spacial score (nSPS) is 21.8. The highest BCUT2D eigenvalue weighted by atomic mass is 32.1. The molecule has 0 N–H and O–H groups in total. The fourth-order valence-corrected chi connectivity index (χ4v) is 2.80. The number of Topliss-reactive ketones (excluding diaryl/α,β-unsaturated/α-hetero) is 1. The van der Waals surface area contributed by atoms with Gasteiger partial charge in [-0.25, -0.2) is 4.79 Å². The maximum Gasteiger partial charge on any atom is 0.411 e. The van der Waals surface area contributed by atoms with Gasteiger partial charge in [-0.1, -0.05) is 12.2 Å². The molecule has 1 heterocycles. The molecule has 1 aliphatic rings. The van der Waals surface area contributed by atoms with Gasteiger partial charge in [-0.15, -0.1) is 0 Å². The fraction of sp³-hybridized carbons (Fsp3) is 0.750. The first-order valence-electron chi connectivity index (χ1n) is 7.75. The van der Waals surface area contributed by atoms with Gasteiger partial charge in [0.1, 0.15) is 17.6 Å². The molecule has 1 fully saturated rings. The van der Waals surface area contributed by atoms with Gasteiger partial charge < -0.3 is 9.47 Å². The van der Waals surface area contributed by atoms with E-state index in [0.29, 0.717) is 24.3 Å². The molecule has 0 aromatic heterocycles. The number of thiocarbonyl (C=S) groups is 1. The lowest BCUT2D eigenvalue weighted by molar-refractivity contribution is -0.147. The Morgan fingerprint density at radius 3 is 2.43 bits per heavy atom.